The second kappa shape index (κ2) is 30.7. The Morgan fingerprint density at radius 3 is 1.37 bits per heavy atom. The SMILES string of the molecule is CCCCCCCCCCCCC/C=C/[13C@@H](O)[13C@H]([13CH2]O)[15NH]C(=O)CCCCCCCCCCCCCCC. The zero-order valence-corrected chi connectivity index (χ0v) is 25.7. The summed E-state index contributed by atoms with van der Waals surface area (Å²) in [6.45, 7) is 4.29. The zero-order chi connectivity index (χ0) is 27.9. The van der Waals surface area contributed by atoms with Crippen LogP contribution in [0.15, 0.2) is 12.2 Å². The van der Waals surface area contributed by atoms with Crippen LogP contribution in [0.25, 0.3) is 0 Å². The van der Waals surface area contributed by atoms with Gasteiger partial charge >= 0.3 is 0 Å². The summed E-state index contributed by atoms with van der Waals surface area (Å²) in [5, 5.41) is 22.8. The van der Waals surface area contributed by atoms with E-state index in [0.29, 0.717) is 6.42 Å². The molecule has 0 rings (SSSR count). The number of aliphatic hydroxyl groups excluding tert-OH is 2. The Hall–Kier alpha value is -0.870. The lowest BCUT2D eigenvalue weighted by Gasteiger charge is -2.20. The maximum Gasteiger partial charge on any atom is 0.220 e. The fraction of sp³-hybridized carbons (Fsp3) is 0.912. The molecule has 3 N–H and O–H groups in total. The molecule has 0 spiro atoms. The van der Waals surface area contributed by atoms with Gasteiger partial charge in [-0.1, -0.05) is 167 Å². The van der Waals surface area contributed by atoms with Crippen LogP contribution < -0.4 is 5.32 Å². The molecule has 226 valence electrons. The number of unbranched alkanes of at least 4 members (excludes halogenated alkanes) is 23. The Kier molecular flexibility index (Phi) is 30.0. The van der Waals surface area contributed by atoms with Gasteiger partial charge in [0.05, 0.1) is 18.8 Å². The molecular weight excluding hydrogens is 474 g/mol. The monoisotopic (exact) mass is 542 g/mol. The van der Waals surface area contributed by atoms with Gasteiger partial charge in [-0.3, -0.25) is 4.79 Å². The largest absolute Gasteiger partial charge is 0.394 e. The van der Waals surface area contributed by atoms with Gasteiger partial charge in [0.25, 0.3) is 0 Å². The minimum Gasteiger partial charge on any atom is -0.394 e. The Morgan fingerprint density at radius 2 is 0.974 bits per heavy atom. The van der Waals surface area contributed by atoms with E-state index in [9.17, 15) is 15.0 Å². The number of aliphatic hydroxyl groups is 2. The molecule has 0 aliphatic carbocycles. The fourth-order valence-corrected chi connectivity index (χ4v) is 5.12. The van der Waals surface area contributed by atoms with Crippen LogP contribution in [0.1, 0.15) is 181 Å². The van der Waals surface area contributed by atoms with Gasteiger partial charge in [-0.25, -0.2) is 0 Å². The Balaban J connectivity index is 3.63. The molecule has 4 heteroatoms. The molecule has 0 fully saturated rings. The molecule has 0 radical (unpaired) electrons. The van der Waals surface area contributed by atoms with E-state index in [2.05, 4.69) is 19.2 Å². The molecule has 0 saturated heterocycles. The van der Waals surface area contributed by atoms with Crippen LogP contribution in [0, 0.1) is 0 Å². The molecule has 4 nitrogen and oxygen atoms in total. The molecular formula is C34H67NO3. The Morgan fingerprint density at radius 1 is 0.605 bits per heavy atom. The molecule has 0 aromatic heterocycles. The smallest absolute Gasteiger partial charge is 0.220 e. The predicted molar refractivity (Wildman–Crippen MR) is 166 cm³/mol. The molecule has 0 saturated carbocycles. The molecule has 0 unspecified atom stereocenters. The van der Waals surface area contributed by atoms with Gasteiger partial charge in [-0.05, 0) is 19.3 Å². The van der Waals surface area contributed by atoms with E-state index in [-0.39, 0.29) is 12.5 Å². The van der Waals surface area contributed by atoms with Crippen molar-refractivity contribution in [2.75, 3.05) is 6.61 Å². The summed E-state index contributed by atoms with van der Waals surface area (Å²) in [6, 6.07) is -0.613. The maximum atomic E-state index is 12.2. The van der Waals surface area contributed by atoms with E-state index in [4.69, 9.17) is 0 Å². The van der Waals surface area contributed by atoms with Crippen LogP contribution in [0.2, 0.25) is 0 Å². The number of amides is 1. The third-order valence-corrected chi connectivity index (χ3v) is 7.77. The number of rotatable bonds is 30. The molecule has 0 heterocycles. The summed E-state index contributed by atoms with van der Waals surface area (Å²) in [4.78, 5) is 12.2. The summed E-state index contributed by atoms with van der Waals surface area (Å²) < 4.78 is 0. The number of hydrogen-bond acceptors (Lipinski definition) is 3. The first kappa shape index (κ1) is 37.1. The van der Waals surface area contributed by atoms with Crippen molar-refractivity contribution in [2.24, 2.45) is 0 Å². The third kappa shape index (κ3) is 26.7. The molecule has 2 atom stereocenters. The van der Waals surface area contributed by atoms with Gasteiger partial charge in [-0.15, -0.1) is 0 Å². The maximum absolute atomic E-state index is 12.2. The van der Waals surface area contributed by atoms with E-state index < -0.39 is 12.1 Å². The van der Waals surface area contributed by atoms with E-state index in [1.807, 2.05) is 6.08 Å². The van der Waals surface area contributed by atoms with Crippen molar-refractivity contribution in [1.82, 2.24) is 5.32 Å². The van der Waals surface area contributed by atoms with E-state index in [1.54, 1.807) is 6.08 Å². The van der Waals surface area contributed by atoms with E-state index >= 15 is 0 Å². The summed E-state index contributed by atoms with van der Waals surface area (Å²) in [5.74, 6) is -0.0649. The van der Waals surface area contributed by atoms with Crippen molar-refractivity contribution in [1.29, 1.82) is 0 Å². The molecule has 0 aliphatic heterocycles. The number of nitrogens with one attached hydrogen (secondary N) is 1. The summed E-state index contributed by atoms with van der Waals surface area (Å²) in [5.41, 5.74) is 0. The first-order valence-electron chi connectivity index (χ1n) is 16.9. The van der Waals surface area contributed by atoms with Gasteiger partial charge in [-0.2, -0.15) is 0 Å². The van der Waals surface area contributed by atoms with Gasteiger partial charge < -0.3 is 15.5 Å². The quantitative estimate of drug-likeness (QED) is 0.0367. The number of allylic oxidation sites excluding steroid dienone is 1. The van der Waals surface area contributed by atoms with Crippen LogP contribution in [-0.2, 0) is 4.79 Å². The second-order valence-electron chi connectivity index (χ2n) is 11.6. The van der Waals surface area contributed by atoms with Crippen LogP contribution in [0.3, 0.4) is 0 Å². The third-order valence-electron chi connectivity index (χ3n) is 7.77. The molecule has 0 bridgehead atoms. The summed E-state index contributed by atoms with van der Waals surface area (Å²) in [7, 11) is 0. The highest BCUT2D eigenvalue weighted by Gasteiger charge is 2.17. The van der Waals surface area contributed by atoms with Gasteiger partial charge in [0, 0.05) is 6.42 Å². The van der Waals surface area contributed by atoms with Crippen LogP contribution in [-0.4, -0.2) is 34.9 Å². The minimum absolute atomic E-state index is 0.0649. The van der Waals surface area contributed by atoms with Crippen LogP contribution >= 0.6 is 0 Å². The highest BCUT2D eigenvalue weighted by molar-refractivity contribution is 5.76. The van der Waals surface area contributed by atoms with Crippen LogP contribution in [0.5, 0.6) is 0 Å². The van der Waals surface area contributed by atoms with Crippen molar-refractivity contribution in [3.63, 3.8) is 0 Å². The van der Waals surface area contributed by atoms with Gasteiger partial charge in [0.15, 0.2) is 0 Å². The molecule has 0 aromatic carbocycles. The van der Waals surface area contributed by atoms with Crippen molar-refractivity contribution in [3.05, 3.63) is 12.2 Å². The van der Waals surface area contributed by atoms with Gasteiger partial charge in [0.2, 0.25) is 5.91 Å². The average molecular weight is 542 g/mol. The molecule has 0 aromatic rings. The normalized spacial score (nSPS) is 13.3. The first-order chi connectivity index (χ1) is 18.7. The first-order valence-corrected chi connectivity index (χ1v) is 16.9. The van der Waals surface area contributed by atoms with Crippen LogP contribution in [0.4, 0.5) is 0 Å². The van der Waals surface area contributed by atoms with E-state index in [1.165, 1.54) is 135 Å². The summed E-state index contributed by atoms with van der Waals surface area (Å²) >= 11 is 0. The minimum atomic E-state index is -0.830. The van der Waals surface area contributed by atoms with Crippen molar-refractivity contribution in [2.45, 2.75) is 193 Å². The lowest BCUT2D eigenvalue weighted by atomic mass is 10.0. The molecule has 0 aliphatic rings. The highest BCUT2D eigenvalue weighted by Crippen LogP contribution is 2.14. The predicted octanol–water partition coefficient (Wildman–Crippen LogP) is 9.56. The molecule has 1 amide bonds. The van der Waals surface area contributed by atoms with Gasteiger partial charge in [0.1, 0.15) is 0 Å². The van der Waals surface area contributed by atoms with Crippen molar-refractivity contribution < 1.29 is 15.0 Å². The standard InChI is InChI=1S/C34H67NO3/c1-3-5-7-9-11-13-15-17-19-21-23-25-27-29-33(37)32(31-36)35-34(38)30-28-26-24-22-20-18-16-14-12-10-8-6-4-2/h27,29,32-33,36-37H,3-26,28,30-31H2,1-2H3,(H,35,38)/b29-27+/t32-,33+/m0/s1/i31+1,32+1,33+1,35+1. The Labute approximate surface area is 237 Å². The average Bonchev–Trinajstić information content (AvgIpc) is 2.92. The summed E-state index contributed by atoms with van der Waals surface area (Å²) in [6.07, 6.45) is 35.7. The zero-order valence-electron chi connectivity index (χ0n) is 25.7. The lowest BCUT2D eigenvalue weighted by Crippen LogP contribution is -2.45. The van der Waals surface area contributed by atoms with Crippen molar-refractivity contribution >= 4 is 5.91 Å². The fourth-order valence-electron chi connectivity index (χ4n) is 5.12. The second-order valence-corrected chi connectivity index (χ2v) is 11.6. The lowest BCUT2D eigenvalue weighted by molar-refractivity contribution is -0.123. The molecule has 38 heavy (non-hydrogen) atoms. The number of carbonyl (C=O) groups is 1. The van der Waals surface area contributed by atoms with E-state index in [0.717, 1.165) is 25.7 Å². The topological polar surface area (TPSA) is 69.6 Å². The Bertz CT molecular complexity index is 508. The number of hydrogen-bond donors (Lipinski definition) is 3. The van der Waals surface area contributed by atoms with Crippen molar-refractivity contribution in [3.8, 4) is 0 Å². The number of carbonyl (C=O) groups excluding carboxylic acids is 1. The highest BCUT2D eigenvalue weighted by atomic mass is 16.4.